The van der Waals surface area contributed by atoms with E-state index in [-0.39, 0.29) is 5.90 Å². The van der Waals surface area contributed by atoms with Gasteiger partial charge in [0.2, 0.25) is 0 Å². The van der Waals surface area contributed by atoms with Crippen molar-refractivity contribution in [2.75, 3.05) is 0 Å². The van der Waals surface area contributed by atoms with Gasteiger partial charge >= 0.3 is 0 Å². The molecule has 1 aromatic carbocycles. The normalized spacial score (nSPS) is 8.53. The van der Waals surface area contributed by atoms with Crippen molar-refractivity contribution in [2.45, 2.75) is 27.7 Å². The second kappa shape index (κ2) is 6.82. The first-order valence-electron chi connectivity index (χ1n) is 5.09. The Morgan fingerprint density at radius 1 is 1.40 bits per heavy atom. The third-order valence-electron chi connectivity index (χ3n) is 1.73. The standard InChI is InChI=1S/C11H13NO.C2H6/c1-4-10-5-6-11(7-8(10)2)13-9(3)12;1-2/h4-7,12H,1H2,2-3H3;1-2H3. The van der Waals surface area contributed by atoms with E-state index in [0.717, 1.165) is 11.1 Å². The third kappa shape index (κ3) is 4.45. The van der Waals surface area contributed by atoms with Crippen LogP contribution in [0.3, 0.4) is 0 Å². The lowest BCUT2D eigenvalue weighted by Crippen LogP contribution is -2.00. The van der Waals surface area contributed by atoms with E-state index in [1.165, 1.54) is 0 Å². The summed E-state index contributed by atoms with van der Waals surface area (Å²) in [4.78, 5) is 0. The average molecular weight is 205 g/mol. The zero-order valence-electron chi connectivity index (χ0n) is 9.92. The van der Waals surface area contributed by atoms with E-state index < -0.39 is 0 Å². The molecular weight excluding hydrogens is 186 g/mol. The molecule has 0 spiro atoms. The summed E-state index contributed by atoms with van der Waals surface area (Å²) >= 11 is 0. The molecule has 1 N–H and O–H groups in total. The molecule has 0 heterocycles. The van der Waals surface area contributed by atoms with Crippen molar-refractivity contribution < 1.29 is 4.74 Å². The number of ether oxygens (including phenoxy) is 1. The van der Waals surface area contributed by atoms with Gasteiger partial charge in [-0.3, -0.25) is 5.41 Å². The van der Waals surface area contributed by atoms with Gasteiger partial charge in [0.05, 0.1) is 0 Å². The van der Waals surface area contributed by atoms with Crippen LogP contribution in [0, 0.1) is 12.3 Å². The highest BCUT2D eigenvalue weighted by Crippen LogP contribution is 2.17. The molecule has 0 unspecified atom stereocenters. The monoisotopic (exact) mass is 205 g/mol. The summed E-state index contributed by atoms with van der Waals surface area (Å²) in [6.07, 6.45) is 1.80. The Morgan fingerprint density at radius 2 is 2.00 bits per heavy atom. The summed E-state index contributed by atoms with van der Waals surface area (Å²) in [6, 6.07) is 5.66. The quantitative estimate of drug-likeness (QED) is 0.573. The van der Waals surface area contributed by atoms with Crippen LogP contribution in [-0.4, -0.2) is 5.90 Å². The average Bonchev–Trinajstić information content (AvgIpc) is 2.20. The molecule has 0 aliphatic carbocycles. The van der Waals surface area contributed by atoms with Gasteiger partial charge in [0.15, 0.2) is 5.90 Å². The smallest absolute Gasteiger partial charge is 0.184 e. The highest BCUT2D eigenvalue weighted by molar-refractivity contribution is 5.72. The molecule has 0 aliphatic rings. The lowest BCUT2D eigenvalue weighted by atomic mass is 10.1. The summed E-state index contributed by atoms with van der Waals surface area (Å²) < 4.78 is 5.14. The molecule has 0 aromatic heterocycles. The predicted octanol–water partition coefficient (Wildman–Crippen LogP) is 4.04. The lowest BCUT2D eigenvalue weighted by molar-refractivity contribution is 0.541. The van der Waals surface area contributed by atoms with E-state index in [1.807, 2.05) is 39.0 Å². The van der Waals surface area contributed by atoms with Gasteiger partial charge in [-0.2, -0.15) is 0 Å². The molecule has 2 heteroatoms. The van der Waals surface area contributed by atoms with Crippen LogP contribution >= 0.6 is 0 Å². The van der Waals surface area contributed by atoms with Gasteiger partial charge in [0, 0.05) is 6.92 Å². The van der Waals surface area contributed by atoms with Crippen LogP contribution in [0.25, 0.3) is 6.08 Å². The van der Waals surface area contributed by atoms with Crippen molar-refractivity contribution in [3.05, 3.63) is 35.9 Å². The van der Waals surface area contributed by atoms with Crippen LogP contribution in [0.15, 0.2) is 24.8 Å². The minimum atomic E-state index is 0.200. The molecule has 0 atom stereocenters. The summed E-state index contributed by atoms with van der Waals surface area (Å²) in [7, 11) is 0. The lowest BCUT2D eigenvalue weighted by Gasteiger charge is -2.05. The van der Waals surface area contributed by atoms with Gasteiger partial charge in [-0.25, -0.2) is 0 Å². The van der Waals surface area contributed by atoms with Crippen molar-refractivity contribution in [3.63, 3.8) is 0 Å². The first-order valence-corrected chi connectivity index (χ1v) is 5.09. The molecule has 0 fully saturated rings. The number of aryl methyl sites for hydroxylation is 1. The molecule has 0 bridgehead atoms. The molecule has 1 aromatic rings. The number of rotatable bonds is 2. The molecule has 15 heavy (non-hydrogen) atoms. The SMILES string of the molecule is C=Cc1ccc(OC(C)=N)cc1C.CC. The maximum Gasteiger partial charge on any atom is 0.184 e. The van der Waals surface area contributed by atoms with Crippen LogP contribution in [0.1, 0.15) is 31.9 Å². The van der Waals surface area contributed by atoms with E-state index in [4.69, 9.17) is 10.1 Å². The van der Waals surface area contributed by atoms with Crippen LogP contribution < -0.4 is 4.74 Å². The van der Waals surface area contributed by atoms with E-state index in [1.54, 1.807) is 13.0 Å². The Hall–Kier alpha value is -1.57. The van der Waals surface area contributed by atoms with Crippen molar-refractivity contribution >= 4 is 12.0 Å². The fourth-order valence-corrected chi connectivity index (χ4v) is 1.12. The predicted molar refractivity (Wildman–Crippen MR) is 66.6 cm³/mol. The van der Waals surface area contributed by atoms with Crippen LogP contribution in [-0.2, 0) is 0 Å². The van der Waals surface area contributed by atoms with Crippen LogP contribution in [0.5, 0.6) is 5.75 Å². The molecule has 0 saturated heterocycles. The minimum absolute atomic E-state index is 0.200. The van der Waals surface area contributed by atoms with Gasteiger partial charge in [-0.1, -0.05) is 32.6 Å². The van der Waals surface area contributed by atoms with Crippen LogP contribution in [0.2, 0.25) is 0 Å². The van der Waals surface area contributed by atoms with Crippen molar-refractivity contribution in [1.29, 1.82) is 5.41 Å². The Bertz CT molecular complexity index is 342. The highest BCUT2D eigenvalue weighted by atomic mass is 16.5. The zero-order valence-corrected chi connectivity index (χ0v) is 9.92. The van der Waals surface area contributed by atoms with Crippen molar-refractivity contribution in [2.24, 2.45) is 0 Å². The molecule has 2 nitrogen and oxygen atoms in total. The topological polar surface area (TPSA) is 33.1 Å². The van der Waals surface area contributed by atoms with E-state index in [2.05, 4.69) is 6.58 Å². The summed E-state index contributed by atoms with van der Waals surface area (Å²) in [5.74, 6) is 0.904. The second-order valence-electron chi connectivity index (χ2n) is 2.88. The van der Waals surface area contributed by atoms with Crippen LogP contribution in [0.4, 0.5) is 0 Å². The molecule has 0 radical (unpaired) electrons. The van der Waals surface area contributed by atoms with Crippen molar-refractivity contribution in [3.8, 4) is 5.75 Å². The van der Waals surface area contributed by atoms with Gasteiger partial charge < -0.3 is 4.74 Å². The Kier molecular flexibility index (Phi) is 6.11. The fourth-order valence-electron chi connectivity index (χ4n) is 1.12. The van der Waals surface area contributed by atoms with E-state index in [0.29, 0.717) is 5.75 Å². The molecular formula is C13H19NO. The largest absolute Gasteiger partial charge is 0.444 e. The Labute approximate surface area is 92.1 Å². The van der Waals surface area contributed by atoms with E-state index in [9.17, 15) is 0 Å². The molecule has 0 aliphatic heterocycles. The van der Waals surface area contributed by atoms with Crippen molar-refractivity contribution in [1.82, 2.24) is 0 Å². The maximum atomic E-state index is 7.16. The molecule has 82 valence electrons. The molecule has 1 rings (SSSR count). The first-order chi connectivity index (χ1) is 7.13. The molecule has 0 saturated carbocycles. The Morgan fingerprint density at radius 3 is 2.40 bits per heavy atom. The molecule has 0 amide bonds. The number of hydrogen-bond acceptors (Lipinski definition) is 2. The number of hydrogen-bond donors (Lipinski definition) is 1. The highest BCUT2D eigenvalue weighted by Gasteiger charge is 1.98. The van der Waals surface area contributed by atoms with Gasteiger partial charge in [-0.05, 0) is 30.2 Å². The number of nitrogens with one attached hydrogen (secondary N) is 1. The summed E-state index contributed by atoms with van der Waals surface area (Å²) in [6.45, 7) is 11.3. The maximum absolute atomic E-state index is 7.16. The van der Waals surface area contributed by atoms with Gasteiger partial charge in [0.25, 0.3) is 0 Å². The summed E-state index contributed by atoms with van der Waals surface area (Å²) in [5.41, 5.74) is 2.20. The fraction of sp³-hybridized carbons (Fsp3) is 0.308. The third-order valence-corrected chi connectivity index (χ3v) is 1.73. The zero-order chi connectivity index (χ0) is 11.8. The second-order valence-corrected chi connectivity index (χ2v) is 2.88. The van der Waals surface area contributed by atoms with Gasteiger partial charge in [0.1, 0.15) is 5.75 Å². The van der Waals surface area contributed by atoms with Gasteiger partial charge in [-0.15, -0.1) is 0 Å². The first kappa shape index (κ1) is 13.4. The van der Waals surface area contributed by atoms with E-state index >= 15 is 0 Å². The summed E-state index contributed by atoms with van der Waals surface area (Å²) in [5, 5.41) is 7.16. The number of benzene rings is 1. The Balaban J connectivity index is 0.000000921. The minimum Gasteiger partial charge on any atom is -0.444 e.